The molecule has 1 saturated heterocycles. The Labute approximate surface area is 167 Å². The minimum Gasteiger partial charge on any atom is -0.349 e. The molecule has 142 valence electrons. The van der Waals surface area contributed by atoms with Gasteiger partial charge in [-0.2, -0.15) is 0 Å². The van der Waals surface area contributed by atoms with Gasteiger partial charge in [-0.15, -0.1) is 0 Å². The highest BCUT2D eigenvalue weighted by Gasteiger charge is 2.22. The van der Waals surface area contributed by atoms with Crippen molar-refractivity contribution < 1.29 is 4.79 Å². The van der Waals surface area contributed by atoms with Crippen molar-refractivity contribution in [3.8, 4) is 0 Å². The van der Waals surface area contributed by atoms with Crippen LogP contribution in [0.5, 0.6) is 0 Å². The molecule has 1 heterocycles. The number of benzene rings is 2. The number of anilines is 1. The number of nitrogens with one attached hydrogen (secondary N) is 2. The molecule has 27 heavy (non-hydrogen) atoms. The Bertz CT molecular complexity index is 824. The lowest BCUT2D eigenvalue weighted by Gasteiger charge is -2.34. The molecule has 0 radical (unpaired) electrons. The third-order valence-corrected chi connectivity index (χ3v) is 5.64. The second-order valence-electron chi connectivity index (χ2n) is 7.28. The first-order valence-corrected chi connectivity index (χ1v) is 9.84. The van der Waals surface area contributed by atoms with E-state index in [9.17, 15) is 4.79 Å². The highest BCUT2D eigenvalue weighted by atomic mass is 32.1. The van der Waals surface area contributed by atoms with Crippen LogP contribution in [0.15, 0.2) is 42.5 Å². The number of likely N-dealkylation sites (tertiary alicyclic amines) is 1. The molecule has 4 nitrogen and oxygen atoms in total. The lowest BCUT2D eigenvalue weighted by molar-refractivity contribution is 0.0922. The number of thiocarbonyl (C=S) groups is 1. The molecule has 3 rings (SSSR count). The monoisotopic (exact) mass is 381 g/mol. The molecule has 0 aliphatic carbocycles. The summed E-state index contributed by atoms with van der Waals surface area (Å²) in [6, 6.07) is 14.1. The SMILES string of the molecule is Cc1ccc(C(=O)NC2CCN(C(=S)Nc3cccc(C)c3C)CC2)cc1. The van der Waals surface area contributed by atoms with Crippen molar-refractivity contribution >= 4 is 28.9 Å². The quantitative estimate of drug-likeness (QED) is 0.782. The third-order valence-electron chi connectivity index (χ3n) is 5.28. The van der Waals surface area contributed by atoms with Gasteiger partial charge in [0, 0.05) is 30.4 Å². The number of aryl methyl sites for hydroxylation is 2. The van der Waals surface area contributed by atoms with E-state index in [0.29, 0.717) is 0 Å². The molecular weight excluding hydrogens is 354 g/mol. The molecule has 1 amide bonds. The maximum absolute atomic E-state index is 12.4. The molecule has 2 N–H and O–H groups in total. The van der Waals surface area contributed by atoms with E-state index in [4.69, 9.17) is 12.2 Å². The summed E-state index contributed by atoms with van der Waals surface area (Å²) in [6.07, 6.45) is 1.79. The Kier molecular flexibility index (Phi) is 6.11. The fourth-order valence-electron chi connectivity index (χ4n) is 3.28. The van der Waals surface area contributed by atoms with Crippen LogP contribution in [-0.4, -0.2) is 35.1 Å². The molecule has 1 fully saturated rings. The number of hydrogen-bond donors (Lipinski definition) is 2. The van der Waals surface area contributed by atoms with Crippen LogP contribution in [0.25, 0.3) is 0 Å². The predicted molar refractivity (Wildman–Crippen MR) is 115 cm³/mol. The van der Waals surface area contributed by atoms with Crippen molar-refractivity contribution in [1.82, 2.24) is 10.2 Å². The minimum absolute atomic E-state index is 0.00420. The molecule has 5 heteroatoms. The van der Waals surface area contributed by atoms with Gasteiger partial charge in [0.15, 0.2) is 5.11 Å². The summed E-state index contributed by atoms with van der Waals surface area (Å²) >= 11 is 5.60. The fourth-order valence-corrected chi connectivity index (χ4v) is 3.57. The Morgan fingerprint density at radius 2 is 1.70 bits per heavy atom. The summed E-state index contributed by atoms with van der Waals surface area (Å²) in [5.74, 6) is 0.00420. The first-order valence-electron chi connectivity index (χ1n) is 9.43. The van der Waals surface area contributed by atoms with Gasteiger partial charge in [0.05, 0.1) is 0 Å². The van der Waals surface area contributed by atoms with Gasteiger partial charge in [-0.05, 0) is 75.2 Å². The van der Waals surface area contributed by atoms with Gasteiger partial charge < -0.3 is 15.5 Å². The summed E-state index contributed by atoms with van der Waals surface area (Å²) in [6.45, 7) is 7.91. The second kappa shape index (κ2) is 8.53. The van der Waals surface area contributed by atoms with E-state index in [1.54, 1.807) is 0 Å². The molecule has 0 atom stereocenters. The van der Waals surface area contributed by atoms with Crippen LogP contribution in [-0.2, 0) is 0 Å². The lowest BCUT2D eigenvalue weighted by Crippen LogP contribution is -2.47. The van der Waals surface area contributed by atoms with Gasteiger partial charge in [0.25, 0.3) is 5.91 Å². The number of rotatable bonds is 3. The van der Waals surface area contributed by atoms with Gasteiger partial charge in [0.1, 0.15) is 0 Å². The van der Waals surface area contributed by atoms with E-state index in [2.05, 4.69) is 41.5 Å². The Morgan fingerprint density at radius 3 is 2.37 bits per heavy atom. The molecule has 0 bridgehead atoms. The zero-order chi connectivity index (χ0) is 19.4. The average Bonchev–Trinajstić information content (AvgIpc) is 2.66. The van der Waals surface area contributed by atoms with Crippen LogP contribution in [0.2, 0.25) is 0 Å². The first kappa shape index (κ1) is 19.4. The third kappa shape index (κ3) is 4.86. The summed E-state index contributed by atoms with van der Waals surface area (Å²) in [5.41, 5.74) is 5.41. The number of amides is 1. The number of carbonyl (C=O) groups excluding carboxylic acids is 1. The number of hydrogen-bond acceptors (Lipinski definition) is 2. The second-order valence-corrected chi connectivity index (χ2v) is 7.67. The van der Waals surface area contributed by atoms with Crippen molar-refractivity contribution in [1.29, 1.82) is 0 Å². The van der Waals surface area contributed by atoms with Gasteiger partial charge in [-0.3, -0.25) is 4.79 Å². The summed E-state index contributed by atoms with van der Waals surface area (Å²) < 4.78 is 0. The van der Waals surface area contributed by atoms with Crippen molar-refractivity contribution in [3.05, 3.63) is 64.7 Å². The van der Waals surface area contributed by atoms with Crippen LogP contribution in [0.1, 0.15) is 39.9 Å². The molecule has 0 saturated carbocycles. The fraction of sp³-hybridized carbons (Fsp3) is 0.364. The molecule has 0 aromatic heterocycles. The van der Waals surface area contributed by atoms with Gasteiger partial charge in [0.2, 0.25) is 0 Å². The van der Waals surface area contributed by atoms with Gasteiger partial charge in [-0.1, -0.05) is 29.8 Å². The molecular formula is C22H27N3OS. The standard InChI is InChI=1S/C22H27N3OS/c1-15-7-9-18(10-8-15)21(26)23-19-11-13-25(14-12-19)22(27)24-20-6-4-5-16(2)17(20)3/h4-10,19H,11-14H2,1-3H3,(H,23,26)(H,24,27). The smallest absolute Gasteiger partial charge is 0.251 e. The van der Waals surface area contributed by atoms with Gasteiger partial charge in [-0.25, -0.2) is 0 Å². The van der Waals surface area contributed by atoms with Crippen LogP contribution in [0.3, 0.4) is 0 Å². The largest absolute Gasteiger partial charge is 0.349 e. The van der Waals surface area contributed by atoms with Crippen molar-refractivity contribution in [2.45, 2.75) is 39.7 Å². The lowest BCUT2D eigenvalue weighted by atomic mass is 10.0. The Hall–Kier alpha value is -2.40. The van der Waals surface area contributed by atoms with E-state index >= 15 is 0 Å². The number of carbonyl (C=O) groups is 1. The highest BCUT2D eigenvalue weighted by molar-refractivity contribution is 7.80. The molecule has 1 aliphatic rings. The Morgan fingerprint density at radius 1 is 1.04 bits per heavy atom. The number of nitrogens with zero attached hydrogens (tertiary/aromatic N) is 1. The zero-order valence-corrected chi connectivity index (χ0v) is 17.0. The minimum atomic E-state index is 0.00420. The molecule has 2 aromatic rings. The summed E-state index contributed by atoms with van der Waals surface area (Å²) in [7, 11) is 0. The van der Waals surface area contributed by atoms with Crippen molar-refractivity contribution in [3.63, 3.8) is 0 Å². The normalized spacial score (nSPS) is 14.7. The maximum atomic E-state index is 12.4. The zero-order valence-electron chi connectivity index (χ0n) is 16.2. The topological polar surface area (TPSA) is 44.4 Å². The Balaban J connectivity index is 1.51. The average molecular weight is 382 g/mol. The van der Waals surface area contributed by atoms with E-state index < -0.39 is 0 Å². The van der Waals surface area contributed by atoms with Gasteiger partial charge >= 0.3 is 0 Å². The van der Waals surface area contributed by atoms with Crippen molar-refractivity contribution in [2.75, 3.05) is 18.4 Å². The molecule has 0 spiro atoms. The van der Waals surface area contributed by atoms with Crippen LogP contribution < -0.4 is 10.6 Å². The molecule has 0 unspecified atom stereocenters. The first-order chi connectivity index (χ1) is 12.9. The molecule has 2 aromatic carbocycles. The van der Waals surface area contributed by atoms with Crippen LogP contribution in [0.4, 0.5) is 5.69 Å². The molecule has 1 aliphatic heterocycles. The van der Waals surface area contributed by atoms with E-state index in [0.717, 1.165) is 47.9 Å². The highest BCUT2D eigenvalue weighted by Crippen LogP contribution is 2.20. The van der Waals surface area contributed by atoms with E-state index in [1.807, 2.05) is 37.3 Å². The summed E-state index contributed by atoms with van der Waals surface area (Å²) in [5, 5.41) is 7.29. The predicted octanol–water partition coefficient (Wildman–Crippen LogP) is 4.20. The maximum Gasteiger partial charge on any atom is 0.251 e. The van der Waals surface area contributed by atoms with E-state index in [-0.39, 0.29) is 11.9 Å². The van der Waals surface area contributed by atoms with Crippen LogP contribution >= 0.6 is 12.2 Å². The van der Waals surface area contributed by atoms with E-state index in [1.165, 1.54) is 11.1 Å². The van der Waals surface area contributed by atoms with Crippen molar-refractivity contribution in [2.24, 2.45) is 0 Å². The number of piperidine rings is 1. The summed E-state index contributed by atoms with van der Waals surface area (Å²) in [4.78, 5) is 14.6. The van der Waals surface area contributed by atoms with Crippen LogP contribution in [0, 0.1) is 20.8 Å².